The Balaban J connectivity index is 2.22. The average molecular weight is 281 g/mol. The number of hydrogen-bond acceptors (Lipinski definition) is 4. The van der Waals surface area contributed by atoms with Crippen LogP contribution in [0, 0.1) is 17.6 Å². The summed E-state index contributed by atoms with van der Waals surface area (Å²) < 4.78 is 26.6. The van der Waals surface area contributed by atoms with Crippen LogP contribution < -0.4 is 4.90 Å². The van der Waals surface area contributed by atoms with Gasteiger partial charge >= 0.3 is 0 Å². The molecule has 3 rings (SSSR count). The third-order valence-electron chi connectivity index (χ3n) is 3.24. The molecule has 1 aromatic carbocycles. The van der Waals surface area contributed by atoms with Crippen LogP contribution in [0.2, 0.25) is 0 Å². The molecule has 2 atom stereocenters. The second-order valence-corrected chi connectivity index (χ2v) is 5.83. The molecule has 19 heavy (non-hydrogen) atoms. The Morgan fingerprint density at radius 1 is 1.32 bits per heavy atom. The minimum absolute atomic E-state index is 0.0544. The largest absolute Gasteiger partial charge is 0.332 e. The maximum Gasteiger partial charge on any atom is 0.178 e. The summed E-state index contributed by atoms with van der Waals surface area (Å²) in [7, 11) is 0. The van der Waals surface area contributed by atoms with E-state index in [1.807, 2.05) is 6.92 Å². The van der Waals surface area contributed by atoms with E-state index < -0.39 is 28.7 Å². The molecule has 2 heterocycles. The first-order chi connectivity index (χ1) is 9.02. The average Bonchev–Trinajstić information content (AvgIpc) is 2.74. The van der Waals surface area contributed by atoms with Crippen LogP contribution in [0.3, 0.4) is 0 Å². The van der Waals surface area contributed by atoms with Crippen LogP contribution in [-0.2, 0) is 4.79 Å². The molecule has 0 N–H and O–H groups in total. The molecular weight excluding hydrogens is 272 g/mol. The molecule has 3 nitrogen and oxygen atoms in total. The van der Waals surface area contributed by atoms with Gasteiger partial charge in [-0.15, -0.1) is 11.8 Å². The highest BCUT2D eigenvalue weighted by Gasteiger charge is 2.43. The lowest BCUT2D eigenvalue weighted by Gasteiger charge is -2.34. The molecule has 0 bridgehead atoms. The van der Waals surface area contributed by atoms with Crippen molar-refractivity contribution in [3.8, 4) is 0 Å². The van der Waals surface area contributed by atoms with Gasteiger partial charge in [0.05, 0.1) is 5.69 Å². The number of hydrogen-bond donors (Lipinski definition) is 0. The van der Waals surface area contributed by atoms with Gasteiger partial charge in [-0.05, 0) is 13.0 Å². The minimum atomic E-state index is -1.08. The number of ketones is 1. The number of halogens is 2. The molecule has 6 heteroatoms. The van der Waals surface area contributed by atoms with Gasteiger partial charge in [-0.3, -0.25) is 4.79 Å². The third-order valence-corrected chi connectivity index (χ3v) is 4.48. The number of carbonyl (C=O) groups is 2. The summed E-state index contributed by atoms with van der Waals surface area (Å²) in [5.74, 6) is -3.41. The highest BCUT2D eigenvalue weighted by molar-refractivity contribution is 8.04. The molecule has 2 aliphatic heterocycles. The Labute approximate surface area is 112 Å². The first-order valence-corrected chi connectivity index (χ1v) is 6.53. The quantitative estimate of drug-likeness (QED) is 0.586. The Bertz CT molecular complexity index is 629. The van der Waals surface area contributed by atoms with Crippen molar-refractivity contribution in [2.24, 2.45) is 5.92 Å². The van der Waals surface area contributed by atoms with E-state index in [1.165, 1.54) is 11.8 Å². The van der Waals surface area contributed by atoms with Gasteiger partial charge in [0.15, 0.2) is 17.4 Å². The molecule has 0 saturated carbocycles. The number of aldehydes is 1. The van der Waals surface area contributed by atoms with Crippen molar-refractivity contribution in [2.45, 2.75) is 12.3 Å². The highest BCUT2D eigenvalue weighted by atomic mass is 32.2. The topological polar surface area (TPSA) is 37.4 Å². The molecular formula is C13H9F2NO2S. The van der Waals surface area contributed by atoms with E-state index in [-0.39, 0.29) is 5.56 Å². The molecule has 0 radical (unpaired) electrons. The van der Waals surface area contributed by atoms with Crippen LogP contribution in [0.25, 0.3) is 0 Å². The van der Waals surface area contributed by atoms with Crippen molar-refractivity contribution >= 4 is 29.5 Å². The number of allylic oxidation sites excluding steroid dienone is 1. The van der Waals surface area contributed by atoms with Crippen LogP contribution in [0.4, 0.5) is 14.5 Å². The van der Waals surface area contributed by atoms with Crippen LogP contribution >= 0.6 is 11.8 Å². The fourth-order valence-electron chi connectivity index (χ4n) is 2.39. The smallest absolute Gasteiger partial charge is 0.178 e. The van der Waals surface area contributed by atoms with E-state index in [9.17, 15) is 18.4 Å². The molecule has 1 aromatic rings. The van der Waals surface area contributed by atoms with E-state index in [4.69, 9.17) is 0 Å². The summed E-state index contributed by atoms with van der Waals surface area (Å²) in [4.78, 5) is 25.9. The van der Waals surface area contributed by atoms with Crippen molar-refractivity contribution in [3.63, 3.8) is 0 Å². The number of thioether (sulfide) groups is 1. The highest BCUT2D eigenvalue weighted by Crippen LogP contribution is 2.45. The van der Waals surface area contributed by atoms with Crippen molar-refractivity contribution in [2.75, 3.05) is 4.90 Å². The van der Waals surface area contributed by atoms with E-state index in [0.717, 1.165) is 17.0 Å². The van der Waals surface area contributed by atoms with Crippen LogP contribution in [0.15, 0.2) is 23.2 Å². The van der Waals surface area contributed by atoms with Gasteiger partial charge < -0.3 is 9.69 Å². The lowest BCUT2D eigenvalue weighted by Crippen LogP contribution is -2.42. The number of rotatable bonds is 1. The van der Waals surface area contributed by atoms with Crippen molar-refractivity contribution in [1.82, 2.24) is 0 Å². The van der Waals surface area contributed by atoms with E-state index in [0.29, 0.717) is 12.0 Å². The first-order valence-electron chi connectivity index (χ1n) is 5.65. The van der Waals surface area contributed by atoms with E-state index in [1.54, 1.807) is 11.1 Å². The number of benzene rings is 1. The summed E-state index contributed by atoms with van der Waals surface area (Å²) in [6, 6.07) is 1.87. The number of anilines is 1. The standard InChI is InChI=1S/C13H9F2NO2S/c1-6-4-16-11-3-10(15)9(14)2-7(11)12(18)8(5-17)13(16)19-6/h2-5,8,13H,1H3. The maximum absolute atomic E-state index is 13.4. The predicted octanol–water partition coefficient (Wildman–Crippen LogP) is 2.72. The SMILES string of the molecule is CC1=CN2c3cc(F)c(F)cc3C(=O)C(C=O)C2S1. The summed E-state index contributed by atoms with van der Waals surface area (Å²) in [6.45, 7) is 1.84. The first kappa shape index (κ1) is 12.3. The fraction of sp³-hybridized carbons (Fsp3) is 0.231. The van der Waals surface area contributed by atoms with Crippen molar-refractivity contribution in [1.29, 1.82) is 0 Å². The Morgan fingerprint density at radius 3 is 2.68 bits per heavy atom. The van der Waals surface area contributed by atoms with Crippen LogP contribution in [-0.4, -0.2) is 17.4 Å². The van der Waals surface area contributed by atoms with E-state index >= 15 is 0 Å². The van der Waals surface area contributed by atoms with Gasteiger partial charge in [0.1, 0.15) is 17.6 Å². The van der Waals surface area contributed by atoms with Gasteiger partial charge in [0.25, 0.3) is 0 Å². The molecule has 0 aromatic heterocycles. The lowest BCUT2D eigenvalue weighted by atomic mass is 9.91. The second-order valence-electron chi connectivity index (χ2n) is 4.47. The Hall–Kier alpha value is -1.69. The maximum atomic E-state index is 13.4. The van der Waals surface area contributed by atoms with Gasteiger partial charge in [-0.1, -0.05) is 0 Å². The summed E-state index contributed by atoms with van der Waals surface area (Å²) in [5, 5.41) is -0.401. The number of carbonyl (C=O) groups excluding carboxylic acids is 2. The number of nitrogens with zero attached hydrogens (tertiary/aromatic N) is 1. The molecule has 2 unspecified atom stereocenters. The number of fused-ring (bicyclic) bond motifs is 3. The van der Waals surface area contributed by atoms with Crippen molar-refractivity contribution in [3.05, 3.63) is 40.4 Å². The molecule has 0 amide bonds. The Kier molecular flexibility index (Phi) is 2.70. The van der Waals surface area contributed by atoms with Gasteiger partial charge in [-0.25, -0.2) is 8.78 Å². The van der Waals surface area contributed by atoms with Gasteiger partial charge in [0.2, 0.25) is 0 Å². The third kappa shape index (κ3) is 1.70. The molecule has 0 spiro atoms. The second kappa shape index (κ2) is 4.16. The zero-order valence-electron chi connectivity index (χ0n) is 9.89. The van der Waals surface area contributed by atoms with Gasteiger partial charge in [-0.2, -0.15) is 0 Å². The molecule has 0 saturated heterocycles. The lowest BCUT2D eigenvalue weighted by molar-refractivity contribution is -0.109. The molecule has 2 aliphatic rings. The van der Waals surface area contributed by atoms with Crippen LogP contribution in [0.1, 0.15) is 17.3 Å². The zero-order chi connectivity index (χ0) is 13.7. The van der Waals surface area contributed by atoms with Crippen molar-refractivity contribution < 1.29 is 18.4 Å². The monoisotopic (exact) mass is 281 g/mol. The van der Waals surface area contributed by atoms with Gasteiger partial charge in [0, 0.05) is 22.7 Å². The van der Waals surface area contributed by atoms with E-state index in [2.05, 4.69) is 0 Å². The van der Waals surface area contributed by atoms with Crippen LogP contribution in [0.5, 0.6) is 0 Å². The minimum Gasteiger partial charge on any atom is -0.332 e. The summed E-state index contributed by atoms with van der Waals surface area (Å²) in [6.07, 6.45) is 2.32. The number of Topliss-reactive ketones (excluding diaryl/α,β-unsaturated/α-hetero) is 1. The zero-order valence-corrected chi connectivity index (χ0v) is 10.7. The Morgan fingerprint density at radius 2 is 2.00 bits per heavy atom. The molecule has 0 fully saturated rings. The summed E-state index contributed by atoms with van der Waals surface area (Å²) in [5.41, 5.74) is 0.371. The predicted molar refractivity (Wildman–Crippen MR) is 67.9 cm³/mol. The molecule has 0 aliphatic carbocycles. The normalized spacial score (nSPS) is 24.9. The fourth-order valence-corrected chi connectivity index (χ4v) is 3.56. The molecule has 98 valence electrons. The summed E-state index contributed by atoms with van der Waals surface area (Å²) >= 11 is 1.38.